The Balaban J connectivity index is 1.73. The van der Waals surface area contributed by atoms with Crippen molar-refractivity contribution in [1.29, 1.82) is 0 Å². The predicted molar refractivity (Wildman–Crippen MR) is 123 cm³/mol. The Morgan fingerprint density at radius 1 is 1.20 bits per heavy atom. The van der Waals surface area contributed by atoms with Crippen LogP contribution >= 0.6 is 15.9 Å². The fourth-order valence-electron chi connectivity index (χ4n) is 3.88. The number of aromatic nitrogens is 1. The zero-order valence-corrected chi connectivity index (χ0v) is 19.9. The number of benzene rings is 1. The molecule has 1 aliphatic rings. The molecule has 1 fully saturated rings. The number of carbonyl (C=O) groups excluding carboxylic acids is 2. The number of carbonyl (C=O) groups is 2. The zero-order valence-electron chi connectivity index (χ0n) is 18.3. The molecular formula is C23H30BrN3O3. The molecule has 1 aromatic carbocycles. The summed E-state index contributed by atoms with van der Waals surface area (Å²) in [6, 6.07) is 6.29. The number of hydrogen-bond donors (Lipinski definition) is 1. The Morgan fingerprint density at radius 3 is 2.47 bits per heavy atom. The highest BCUT2D eigenvalue weighted by Crippen LogP contribution is 2.32. The first kappa shape index (κ1) is 22.5. The molecule has 1 aliphatic carbocycles. The van der Waals surface area contributed by atoms with E-state index in [-0.39, 0.29) is 24.0 Å². The second kappa shape index (κ2) is 8.92. The smallest absolute Gasteiger partial charge is 0.410 e. The lowest BCUT2D eigenvalue weighted by molar-refractivity contribution is 0.0185. The largest absolute Gasteiger partial charge is 0.444 e. The number of Topliss-reactive ketones (excluding diaryl/α,β-unsaturated/α-hetero) is 1. The molecule has 1 heterocycles. The molecule has 0 atom stereocenters. The summed E-state index contributed by atoms with van der Waals surface area (Å²) in [6.07, 6.45) is 4.97. The first-order chi connectivity index (χ1) is 14.0. The molecule has 0 radical (unpaired) electrons. The number of anilines is 1. The molecule has 2 aromatic rings. The summed E-state index contributed by atoms with van der Waals surface area (Å²) in [7, 11) is 1.81. The lowest BCUT2D eigenvalue weighted by Gasteiger charge is -2.36. The summed E-state index contributed by atoms with van der Waals surface area (Å²) < 4.78 is 6.45. The van der Waals surface area contributed by atoms with E-state index in [9.17, 15) is 9.59 Å². The van der Waals surface area contributed by atoms with Crippen LogP contribution in [0.3, 0.4) is 0 Å². The van der Waals surface area contributed by atoms with Crippen molar-refractivity contribution in [2.75, 3.05) is 12.4 Å². The average molecular weight is 476 g/mol. The number of fused-ring (bicyclic) bond motifs is 1. The van der Waals surface area contributed by atoms with Crippen molar-refractivity contribution in [2.24, 2.45) is 0 Å². The number of nitrogens with one attached hydrogen (secondary N) is 1. The number of rotatable bonds is 4. The predicted octanol–water partition coefficient (Wildman–Crippen LogP) is 5.79. The maximum atomic E-state index is 12.4. The number of amides is 1. The van der Waals surface area contributed by atoms with Gasteiger partial charge in [0.25, 0.3) is 0 Å². The monoisotopic (exact) mass is 475 g/mol. The molecule has 0 unspecified atom stereocenters. The number of halogens is 1. The van der Waals surface area contributed by atoms with Crippen molar-refractivity contribution in [3.8, 4) is 0 Å². The number of hydrogen-bond acceptors (Lipinski definition) is 5. The van der Waals surface area contributed by atoms with Crippen LogP contribution in [-0.4, -0.2) is 46.5 Å². The minimum atomic E-state index is -0.496. The van der Waals surface area contributed by atoms with Crippen molar-refractivity contribution in [3.05, 3.63) is 34.4 Å². The van der Waals surface area contributed by atoms with Gasteiger partial charge < -0.3 is 15.0 Å². The maximum absolute atomic E-state index is 12.4. The van der Waals surface area contributed by atoms with Gasteiger partial charge >= 0.3 is 6.09 Å². The van der Waals surface area contributed by atoms with Gasteiger partial charge in [-0.15, -0.1) is 0 Å². The Bertz CT molecular complexity index is 947. The van der Waals surface area contributed by atoms with Gasteiger partial charge in [-0.3, -0.25) is 9.78 Å². The number of pyridine rings is 1. The van der Waals surface area contributed by atoms with Crippen LogP contribution < -0.4 is 5.32 Å². The van der Waals surface area contributed by atoms with Crippen LogP contribution in [-0.2, 0) is 4.74 Å². The summed E-state index contributed by atoms with van der Waals surface area (Å²) >= 11 is 3.52. The second-order valence-electron chi connectivity index (χ2n) is 9.01. The molecule has 0 aliphatic heterocycles. The van der Waals surface area contributed by atoms with Crippen LogP contribution in [0.4, 0.5) is 10.5 Å². The molecule has 0 saturated heterocycles. The quantitative estimate of drug-likeness (QED) is 0.566. The van der Waals surface area contributed by atoms with Crippen molar-refractivity contribution in [2.45, 2.75) is 71.1 Å². The third kappa shape index (κ3) is 5.31. The molecule has 3 rings (SSSR count). The van der Waals surface area contributed by atoms with Crippen LogP contribution in [0, 0.1) is 0 Å². The minimum absolute atomic E-state index is 0.00906. The Kier molecular flexibility index (Phi) is 6.70. The van der Waals surface area contributed by atoms with Crippen LogP contribution in [0.15, 0.2) is 28.9 Å². The first-order valence-electron chi connectivity index (χ1n) is 10.4. The van der Waals surface area contributed by atoms with Crippen molar-refractivity contribution in [1.82, 2.24) is 9.88 Å². The van der Waals surface area contributed by atoms with Gasteiger partial charge in [0, 0.05) is 35.2 Å². The van der Waals surface area contributed by atoms with E-state index in [4.69, 9.17) is 4.74 Å². The summed E-state index contributed by atoms with van der Waals surface area (Å²) in [4.78, 5) is 30.7. The molecule has 6 nitrogen and oxygen atoms in total. The number of nitrogens with zero attached hydrogens (tertiary/aromatic N) is 2. The Morgan fingerprint density at radius 2 is 1.87 bits per heavy atom. The maximum Gasteiger partial charge on any atom is 0.410 e. The van der Waals surface area contributed by atoms with Crippen LogP contribution in [0.5, 0.6) is 0 Å². The highest BCUT2D eigenvalue weighted by molar-refractivity contribution is 9.10. The van der Waals surface area contributed by atoms with E-state index in [0.29, 0.717) is 5.56 Å². The summed E-state index contributed by atoms with van der Waals surface area (Å²) in [5.74, 6) is -0.00906. The minimum Gasteiger partial charge on any atom is -0.444 e. The van der Waals surface area contributed by atoms with Crippen molar-refractivity contribution >= 4 is 44.4 Å². The van der Waals surface area contributed by atoms with E-state index in [0.717, 1.165) is 46.7 Å². The molecule has 0 spiro atoms. The SMILES string of the molecule is CC(=O)c1cnc2ccc(Br)cc2c1N[C@H]1CC[C@H](N(C)C(=O)OC(C)(C)C)CC1. The standard InChI is InChI=1S/C23H30BrN3O3/c1-14(28)19-13-25-20-11-6-15(24)12-18(20)21(19)26-16-7-9-17(10-8-16)27(5)22(29)30-23(2,3)4/h6,11-13,16-17H,7-10H2,1-5H3,(H,25,26)/t16-,17-. The zero-order chi connectivity index (χ0) is 22.1. The molecular weight excluding hydrogens is 446 g/mol. The van der Waals surface area contributed by atoms with Crippen molar-refractivity contribution < 1.29 is 14.3 Å². The molecule has 7 heteroatoms. The highest BCUT2D eigenvalue weighted by atomic mass is 79.9. The Labute approximate surface area is 186 Å². The molecule has 1 N–H and O–H groups in total. The van der Waals surface area contributed by atoms with Gasteiger partial charge in [-0.2, -0.15) is 0 Å². The molecule has 162 valence electrons. The molecule has 30 heavy (non-hydrogen) atoms. The highest BCUT2D eigenvalue weighted by Gasteiger charge is 2.30. The normalized spacial score (nSPS) is 19.4. The van der Waals surface area contributed by atoms with Crippen LogP contribution in [0.1, 0.15) is 63.7 Å². The number of ether oxygens (including phenoxy) is 1. The third-order valence-corrected chi connectivity index (χ3v) is 5.98. The lowest BCUT2D eigenvalue weighted by atomic mass is 9.90. The summed E-state index contributed by atoms with van der Waals surface area (Å²) in [5, 5.41) is 4.55. The third-order valence-electron chi connectivity index (χ3n) is 5.48. The second-order valence-corrected chi connectivity index (χ2v) is 9.92. The van der Waals surface area contributed by atoms with Gasteiger partial charge in [0.2, 0.25) is 0 Å². The lowest BCUT2D eigenvalue weighted by Crippen LogP contribution is -2.43. The van der Waals surface area contributed by atoms with Gasteiger partial charge in [0.1, 0.15) is 5.60 Å². The van der Waals surface area contributed by atoms with Crippen molar-refractivity contribution in [3.63, 3.8) is 0 Å². The molecule has 1 amide bonds. The van der Waals surface area contributed by atoms with Gasteiger partial charge in [-0.25, -0.2) is 4.79 Å². The van der Waals surface area contributed by atoms with E-state index in [2.05, 4.69) is 26.2 Å². The van der Waals surface area contributed by atoms with E-state index in [1.54, 1.807) is 18.0 Å². The molecule has 1 saturated carbocycles. The van der Waals surface area contributed by atoms with E-state index < -0.39 is 5.60 Å². The van der Waals surface area contributed by atoms with Gasteiger partial charge in [-0.05, 0) is 71.6 Å². The fourth-order valence-corrected chi connectivity index (χ4v) is 4.24. The topological polar surface area (TPSA) is 71.5 Å². The molecule has 1 aromatic heterocycles. The van der Waals surface area contributed by atoms with E-state index in [1.165, 1.54) is 0 Å². The summed E-state index contributed by atoms with van der Waals surface area (Å²) in [6.45, 7) is 7.20. The van der Waals surface area contributed by atoms with Gasteiger partial charge in [0.15, 0.2) is 5.78 Å². The van der Waals surface area contributed by atoms with Crippen LogP contribution in [0.2, 0.25) is 0 Å². The van der Waals surface area contributed by atoms with E-state index >= 15 is 0 Å². The first-order valence-corrected chi connectivity index (χ1v) is 11.2. The van der Waals surface area contributed by atoms with E-state index in [1.807, 2.05) is 46.0 Å². The Hall–Kier alpha value is -2.15. The fraction of sp³-hybridized carbons (Fsp3) is 0.522. The average Bonchev–Trinajstić information content (AvgIpc) is 2.66. The molecule has 0 bridgehead atoms. The van der Waals surface area contributed by atoms with Gasteiger partial charge in [0.05, 0.1) is 16.8 Å². The van der Waals surface area contributed by atoms with Crippen LogP contribution in [0.25, 0.3) is 10.9 Å². The summed E-state index contributed by atoms with van der Waals surface area (Å²) in [5.41, 5.74) is 1.81. The number of ketones is 1. The van der Waals surface area contributed by atoms with Gasteiger partial charge in [-0.1, -0.05) is 15.9 Å².